The van der Waals surface area contributed by atoms with Crippen LogP contribution in [0.4, 0.5) is 0 Å². The van der Waals surface area contributed by atoms with Crippen LogP contribution < -0.4 is 0 Å². The van der Waals surface area contributed by atoms with Gasteiger partial charge in [-0.05, 0) is 55.0 Å². The summed E-state index contributed by atoms with van der Waals surface area (Å²) >= 11 is 0. The second kappa shape index (κ2) is 5.66. The lowest BCUT2D eigenvalue weighted by Crippen LogP contribution is -2.42. The highest BCUT2D eigenvalue weighted by Gasteiger charge is 2.34. The molecule has 1 aliphatic heterocycles. The van der Waals surface area contributed by atoms with Crippen LogP contribution >= 0.6 is 0 Å². The van der Waals surface area contributed by atoms with Crippen molar-refractivity contribution in [3.05, 3.63) is 35.9 Å². The van der Waals surface area contributed by atoms with E-state index in [9.17, 15) is 0 Å². The Hall–Kier alpha value is -0.820. The van der Waals surface area contributed by atoms with Crippen LogP contribution in [0.5, 0.6) is 0 Å². The lowest BCUT2D eigenvalue weighted by atomic mass is 9.75. The molecule has 2 aliphatic rings. The lowest BCUT2D eigenvalue weighted by molar-refractivity contribution is 0.119. The van der Waals surface area contributed by atoms with E-state index >= 15 is 0 Å². The van der Waals surface area contributed by atoms with Gasteiger partial charge < -0.3 is 4.90 Å². The van der Waals surface area contributed by atoms with E-state index in [0.29, 0.717) is 0 Å². The normalized spacial score (nSPS) is 28.8. The first-order chi connectivity index (χ1) is 9.24. The fraction of sp³-hybridized carbons (Fsp3) is 0.667. The zero-order valence-electron chi connectivity index (χ0n) is 12.4. The minimum atomic E-state index is 0.775. The van der Waals surface area contributed by atoms with Crippen LogP contribution in [-0.2, 0) is 0 Å². The van der Waals surface area contributed by atoms with Gasteiger partial charge in [0, 0.05) is 13.1 Å². The van der Waals surface area contributed by atoms with Gasteiger partial charge in [0.05, 0.1) is 0 Å². The maximum Gasteiger partial charge on any atom is 0.00181 e. The van der Waals surface area contributed by atoms with Gasteiger partial charge in [-0.3, -0.25) is 0 Å². The summed E-state index contributed by atoms with van der Waals surface area (Å²) < 4.78 is 0. The van der Waals surface area contributed by atoms with Crippen molar-refractivity contribution in [1.29, 1.82) is 0 Å². The molecule has 0 spiro atoms. The molecule has 0 aromatic heterocycles. The fourth-order valence-electron chi connectivity index (χ4n) is 3.67. The van der Waals surface area contributed by atoms with Gasteiger partial charge in [0.15, 0.2) is 0 Å². The summed E-state index contributed by atoms with van der Waals surface area (Å²) in [6, 6.07) is 11.2. The van der Waals surface area contributed by atoms with Gasteiger partial charge in [0.2, 0.25) is 0 Å². The third kappa shape index (κ3) is 3.20. The number of hydrogen-bond acceptors (Lipinski definition) is 1. The van der Waals surface area contributed by atoms with Crippen LogP contribution in [0.25, 0.3) is 0 Å². The zero-order chi connectivity index (χ0) is 13.2. The molecule has 0 N–H and O–H groups in total. The van der Waals surface area contributed by atoms with Crippen LogP contribution in [0.3, 0.4) is 0 Å². The van der Waals surface area contributed by atoms with Crippen molar-refractivity contribution in [2.45, 2.75) is 39.0 Å². The molecule has 0 amide bonds. The first kappa shape index (κ1) is 13.2. The van der Waals surface area contributed by atoms with E-state index in [0.717, 1.165) is 23.7 Å². The summed E-state index contributed by atoms with van der Waals surface area (Å²) in [6.07, 6.45) is 4.30. The molecular formula is C18H27N. The fourth-order valence-corrected chi connectivity index (χ4v) is 3.67. The standard InChI is InChI=1S/C18H27N/c1-14(2)18-13-19(12-15-8-9-15)11-10-17(18)16-6-4-3-5-7-16/h3-7,14-15,17-18H,8-13H2,1-2H3/t17-,18+/m0/s1. The molecule has 1 saturated carbocycles. The number of likely N-dealkylation sites (tertiary alicyclic amines) is 1. The van der Waals surface area contributed by atoms with Crippen LogP contribution in [0.15, 0.2) is 30.3 Å². The van der Waals surface area contributed by atoms with Crippen LogP contribution in [0, 0.1) is 17.8 Å². The first-order valence-corrected chi connectivity index (χ1v) is 8.01. The third-order valence-electron chi connectivity index (χ3n) is 5.04. The van der Waals surface area contributed by atoms with Gasteiger partial charge in [-0.25, -0.2) is 0 Å². The summed E-state index contributed by atoms with van der Waals surface area (Å²) in [4.78, 5) is 2.74. The van der Waals surface area contributed by atoms with Gasteiger partial charge >= 0.3 is 0 Å². The molecule has 1 aromatic rings. The number of benzene rings is 1. The van der Waals surface area contributed by atoms with Gasteiger partial charge in [0.1, 0.15) is 0 Å². The lowest BCUT2D eigenvalue weighted by Gasteiger charge is -2.41. The summed E-state index contributed by atoms with van der Waals surface area (Å²) in [7, 11) is 0. The highest BCUT2D eigenvalue weighted by Crippen LogP contribution is 2.39. The van der Waals surface area contributed by atoms with E-state index in [-0.39, 0.29) is 0 Å². The third-order valence-corrected chi connectivity index (χ3v) is 5.04. The largest absolute Gasteiger partial charge is 0.303 e. The molecule has 1 aromatic carbocycles. The number of hydrogen-bond donors (Lipinski definition) is 0. The Kier molecular flexibility index (Phi) is 3.93. The van der Waals surface area contributed by atoms with Crippen LogP contribution in [-0.4, -0.2) is 24.5 Å². The zero-order valence-corrected chi connectivity index (χ0v) is 12.4. The summed E-state index contributed by atoms with van der Waals surface area (Å²) in [5, 5.41) is 0. The minimum absolute atomic E-state index is 0.775. The average Bonchev–Trinajstić information content (AvgIpc) is 3.23. The molecule has 1 saturated heterocycles. The van der Waals surface area contributed by atoms with Gasteiger partial charge in [0.25, 0.3) is 0 Å². The van der Waals surface area contributed by atoms with Gasteiger partial charge in [-0.15, -0.1) is 0 Å². The molecule has 1 heterocycles. The molecule has 1 aliphatic carbocycles. The van der Waals surface area contributed by atoms with Crippen molar-refractivity contribution < 1.29 is 0 Å². The second-order valence-corrected chi connectivity index (χ2v) is 6.92. The molecular weight excluding hydrogens is 230 g/mol. The molecule has 19 heavy (non-hydrogen) atoms. The first-order valence-electron chi connectivity index (χ1n) is 8.01. The highest BCUT2D eigenvalue weighted by atomic mass is 15.1. The maximum atomic E-state index is 2.74. The van der Waals surface area contributed by atoms with Crippen molar-refractivity contribution in [2.24, 2.45) is 17.8 Å². The summed E-state index contributed by atoms with van der Waals surface area (Å²) in [6.45, 7) is 8.79. The average molecular weight is 257 g/mol. The highest BCUT2D eigenvalue weighted by molar-refractivity contribution is 5.21. The molecule has 0 bridgehead atoms. The Morgan fingerprint density at radius 3 is 2.47 bits per heavy atom. The van der Waals surface area contributed by atoms with Crippen LogP contribution in [0.2, 0.25) is 0 Å². The Balaban J connectivity index is 1.70. The smallest absolute Gasteiger partial charge is 0.00181 e. The van der Waals surface area contributed by atoms with Crippen molar-refractivity contribution in [3.8, 4) is 0 Å². The van der Waals surface area contributed by atoms with Crippen molar-refractivity contribution in [1.82, 2.24) is 4.90 Å². The quantitative estimate of drug-likeness (QED) is 0.783. The summed E-state index contributed by atoms with van der Waals surface area (Å²) in [5.74, 6) is 3.42. The summed E-state index contributed by atoms with van der Waals surface area (Å²) in [5.41, 5.74) is 1.56. The van der Waals surface area contributed by atoms with Crippen LogP contribution in [0.1, 0.15) is 44.6 Å². The van der Waals surface area contributed by atoms with E-state index in [4.69, 9.17) is 0 Å². The molecule has 3 rings (SSSR count). The minimum Gasteiger partial charge on any atom is -0.303 e. The molecule has 1 nitrogen and oxygen atoms in total. The molecule has 2 atom stereocenters. The van der Waals surface area contributed by atoms with E-state index in [2.05, 4.69) is 49.1 Å². The molecule has 2 fully saturated rings. The van der Waals surface area contributed by atoms with Crippen molar-refractivity contribution in [3.63, 3.8) is 0 Å². The number of nitrogens with zero attached hydrogens (tertiary/aromatic N) is 1. The van der Waals surface area contributed by atoms with Gasteiger partial charge in [-0.1, -0.05) is 44.2 Å². The predicted molar refractivity (Wildman–Crippen MR) is 81.3 cm³/mol. The molecule has 0 radical (unpaired) electrons. The second-order valence-electron chi connectivity index (χ2n) is 6.92. The van der Waals surface area contributed by atoms with Gasteiger partial charge in [-0.2, -0.15) is 0 Å². The SMILES string of the molecule is CC(C)[C@H]1CN(CC2CC2)CC[C@H]1c1ccccc1. The van der Waals surface area contributed by atoms with Crippen molar-refractivity contribution in [2.75, 3.05) is 19.6 Å². The van der Waals surface area contributed by atoms with Crippen molar-refractivity contribution >= 4 is 0 Å². The monoisotopic (exact) mass is 257 g/mol. The molecule has 0 unspecified atom stereocenters. The van der Waals surface area contributed by atoms with E-state index in [1.54, 1.807) is 5.56 Å². The predicted octanol–water partition coefficient (Wildman–Crippen LogP) is 4.16. The number of rotatable bonds is 4. The molecule has 1 heteroatoms. The van der Waals surface area contributed by atoms with E-state index in [1.165, 1.54) is 38.9 Å². The van der Waals surface area contributed by atoms with E-state index < -0.39 is 0 Å². The Labute approximate surface area is 118 Å². The van der Waals surface area contributed by atoms with E-state index in [1.807, 2.05) is 0 Å². The Bertz CT molecular complexity index is 393. The maximum absolute atomic E-state index is 2.74. The Morgan fingerprint density at radius 2 is 1.84 bits per heavy atom. The topological polar surface area (TPSA) is 3.24 Å². The molecule has 104 valence electrons. The number of piperidine rings is 1. The Morgan fingerprint density at radius 1 is 1.11 bits per heavy atom.